The molecule has 2 fully saturated rings. The average Bonchev–Trinajstić information content (AvgIpc) is 2.62. The van der Waals surface area contributed by atoms with Crippen LogP contribution in [-0.4, -0.2) is 73.9 Å². The number of carbonyl (C=O) groups excluding carboxylic acids is 2. The Morgan fingerprint density at radius 2 is 1.85 bits per heavy atom. The molecule has 2 amide bonds. The summed E-state index contributed by atoms with van der Waals surface area (Å²) in [6.45, 7) is 0.818. The van der Waals surface area contributed by atoms with Crippen molar-refractivity contribution in [1.82, 2.24) is 15.5 Å². The molecule has 1 saturated carbocycles. The van der Waals surface area contributed by atoms with Crippen molar-refractivity contribution in [3.8, 4) is 0 Å². The second kappa shape index (κ2) is 10.8. The van der Waals surface area contributed by atoms with Gasteiger partial charge in [-0.3, -0.25) is 9.59 Å². The minimum Gasteiger partial charge on any atom is -0.394 e. The molecule has 3 N–H and O–H groups in total. The molecule has 1 heterocycles. The number of nitrogens with one attached hydrogen (secondary N) is 2. The van der Waals surface area contributed by atoms with Crippen LogP contribution in [0.3, 0.4) is 0 Å². The Morgan fingerprint density at radius 3 is 2.50 bits per heavy atom. The minimum atomic E-state index is -0.381. The number of nitrogens with zero attached hydrogens (tertiary/aromatic N) is 1. The van der Waals surface area contributed by atoms with Crippen molar-refractivity contribution in [2.75, 3.05) is 33.8 Å². The molecule has 0 unspecified atom stereocenters. The van der Waals surface area contributed by atoms with Crippen LogP contribution < -0.4 is 10.6 Å². The molecule has 3 atom stereocenters. The molecule has 1 aliphatic carbocycles. The van der Waals surface area contributed by atoms with E-state index in [0.29, 0.717) is 13.1 Å². The smallest absolute Gasteiger partial charge is 0.234 e. The Balaban J connectivity index is 1.69. The molecule has 2 aliphatic rings. The van der Waals surface area contributed by atoms with Crippen LogP contribution in [0.4, 0.5) is 0 Å². The van der Waals surface area contributed by atoms with Gasteiger partial charge in [0, 0.05) is 12.5 Å². The zero-order valence-corrected chi connectivity index (χ0v) is 16.2. The van der Waals surface area contributed by atoms with E-state index in [4.69, 9.17) is 4.74 Å². The van der Waals surface area contributed by atoms with Crippen LogP contribution in [0.2, 0.25) is 0 Å². The highest BCUT2D eigenvalue weighted by atomic mass is 16.5. The summed E-state index contributed by atoms with van der Waals surface area (Å²) in [5, 5.41) is 15.6. The number of carbonyl (C=O) groups is 2. The standard InChI is InChI=1S/C19H35N3O4/c1-22(2)12-18(24)21-16-9-8-15(26-17(16)13-23)10-11-20-19(25)14-6-4-3-5-7-14/h14-17,23H,3-13H2,1-2H3,(H,20,25)(H,21,24)/t15-,16+,17+/m1/s1. The molecule has 0 aromatic rings. The summed E-state index contributed by atoms with van der Waals surface area (Å²) < 4.78 is 5.95. The van der Waals surface area contributed by atoms with E-state index in [1.165, 1.54) is 6.42 Å². The molecule has 1 saturated heterocycles. The molecular formula is C19H35N3O4. The molecule has 2 rings (SSSR count). The number of likely N-dealkylation sites (N-methyl/N-ethyl adjacent to an activating group) is 1. The maximum absolute atomic E-state index is 12.2. The van der Waals surface area contributed by atoms with Crippen molar-refractivity contribution in [2.45, 2.75) is 69.6 Å². The Labute approximate surface area is 156 Å². The average molecular weight is 370 g/mol. The molecule has 0 radical (unpaired) electrons. The highest BCUT2D eigenvalue weighted by Crippen LogP contribution is 2.24. The predicted octanol–water partition coefficient (Wildman–Crippen LogP) is 0.659. The van der Waals surface area contributed by atoms with Gasteiger partial charge in [-0.1, -0.05) is 19.3 Å². The molecule has 1 aliphatic heterocycles. The van der Waals surface area contributed by atoms with Gasteiger partial charge in [-0.15, -0.1) is 0 Å². The normalized spacial score (nSPS) is 27.3. The van der Waals surface area contributed by atoms with Crippen LogP contribution >= 0.6 is 0 Å². The van der Waals surface area contributed by atoms with Crippen molar-refractivity contribution >= 4 is 11.8 Å². The van der Waals surface area contributed by atoms with Gasteiger partial charge in [-0.2, -0.15) is 0 Å². The summed E-state index contributed by atoms with van der Waals surface area (Å²) in [6.07, 6.45) is 7.55. The Morgan fingerprint density at radius 1 is 1.12 bits per heavy atom. The number of aliphatic hydroxyl groups is 1. The van der Waals surface area contributed by atoms with E-state index in [0.717, 1.165) is 44.9 Å². The molecule has 0 spiro atoms. The third-order valence-electron chi connectivity index (χ3n) is 5.34. The monoisotopic (exact) mass is 369 g/mol. The summed E-state index contributed by atoms with van der Waals surface area (Å²) in [5.74, 6) is 0.297. The van der Waals surface area contributed by atoms with Crippen molar-refractivity contribution in [3.63, 3.8) is 0 Å². The largest absolute Gasteiger partial charge is 0.394 e. The first-order chi connectivity index (χ1) is 12.5. The Hall–Kier alpha value is -1.18. The topological polar surface area (TPSA) is 90.9 Å². The van der Waals surface area contributed by atoms with Crippen LogP contribution in [0, 0.1) is 5.92 Å². The maximum Gasteiger partial charge on any atom is 0.234 e. The first kappa shape index (κ1) is 21.1. The highest BCUT2D eigenvalue weighted by molar-refractivity contribution is 5.78. The first-order valence-corrected chi connectivity index (χ1v) is 9.97. The fourth-order valence-electron chi connectivity index (χ4n) is 3.91. The number of amides is 2. The van der Waals surface area contributed by atoms with Gasteiger partial charge in [0.2, 0.25) is 11.8 Å². The van der Waals surface area contributed by atoms with Crippen LogP contribution in [0.25, 0.3) is 0 Å². The molecule has 0 aromatic heterocycles. The fraction of sp³-hybridized carbons (Fsp3) is 0.895. The van der Waals surface area contributed by atoms with E-state index >= 15 is 0 Å². The number of ether oxygens (including phenoxy) is 1. The van der Waals surface area contributed by atoms with Gasteiger partial charge in [0.15, 0.2) is 0 Å². The summed E-state index contributed by atoms with van der Waals surface area (Å²) >= 11 is 0. The number of hydrogen-bond donors (Lipinski definition) is 3. The lowest BCUT2D eigenvalue weighted by Gasteiger charge is -2.36. The van der Waals surface area contributed by atoms with Crippen molar-refractivity contribution < 1.29 is 19.4 Å². The molecule has 0 aromatic carbocycles. The second-order valence-corrected chi connectivity index (χ2v) is 7.88. The van der Waals surface area contributed by atoms with Crippen molar-refractivity contribution in [1.29, 1.82) is 0 Å². The minimum absolute atomic E-state index is 0.0146. The fourth-order valence-corrected chi connectivity index (χ4v) is 3.91. The molecule has 150 valence electrons. The molecule has 26 heavy (non-hydrogen) atoms. The summed E-state index contributed by atoms with van der Waals surface area (Å²) in [4.78, 5) is 25.9. The van der Waals surface area contributed by atoms with Crippen LogP contribution in [0.5, 0.6) is 0 Å². The van der Waals surface area contributed by atoms with E-state index in [1.807, 2.05) is 19.0 Å². The van der Waals surface area contributed by atoms with Gasteiger partial charge in [0.25, 0.3) is 0 Å². The van der Waals surface area contributed by atoms with E-state index in [9.17, 15) is 14.7 Å². The SMILES string of the molecule is CN(C)CC(=O)N[C@H]1CC[C@H](CCNC(=O)C2CCCCC2)O[C@H]1CO. The second-order valence-electron chi connectivity index (χ2n) is 7.88. The number of hydrogen-bond acceptors (Lipinski definition) is 5. The Kier molecular flexibility index (Phi) is 8.81. The van der Waals surface area contributed by atoms with Gasteiger partial charge in [0.1, 0.15) is 6.10 Å². The predicted molar refractivity (Wildman–Crippen MR) is 99.7 cm³/mol. The molecular weight excluding hydrogens is 334 g/mol. The highest BCUT2D eigenvalue weighted by Gasteiger charge is 2.32. The molecule has 7 heteroatoms. The van der Waals surface area contributed by atoms with Crippen LogP contribution in [-0.2, 0) is 14.3 Å². The number of rotatable bonds is 8. The van der Waals surface area contributed by atoms with Gasteiger partial charge in [0.05, 0.1) is 25.3 Å². The van der Waals surface area contributed by atoms with Gasteiger partial charge < -0.3 is 25.4 Å². The van der Waals surface area contributed by atoms with Gasteiger partial charge >= 0.3 is 0 Å². The lowest BCUT2D eigenvalue weighted by Crippen LogP contribution is -2.52. The van der Waals surface area contributed by atoms with Crippen molar-refractivity contribution in [2.24, 2.45) is 5.92 Å². The van der Waals surface area contributed by atoms with E-state index < -0.39 is 0 Å². The molecule has 0 bridgehead atoms. The summed E-state index contributed by atoms with van der Waals surface area (Å²) in [5.41, 5.74) is 0. The molecule has 7 nitrogen and oxygen atoms in total. The van der Waals surface area contributed by atoms with Gasteiger partial charge in [-0.05, 0) is 46.2 Å². The lowest BCUT2D eigenvalue weighted by atomic mass is 9.88. The number of aliphatic hydroxyl groups excluding tert-OH is 1. The summed E-state index contributed by atoms with van der Waals surface area (Å²) in [6, 6.07) is -0.152. The first-order valence-electron chi connectivity index (χ1n) is 9.97. The summed E-state index contributed by atoms with van der Waals surface area (Å²) in [7, 11) is 3.69. The lowest BCUT2D eigenvalue weighted by molar-refractivity contribution is -0.130. The van der Waals surface area contributed by atoms with Crippen molar-refractivity contribution in [3.05, 3.63) is 0 Å². The third kappa shape index (κ3) is 6.85. The van der Waals surface area contributed by atoms with Gasteiger partial charge in [-0.25, -0.2) is 0 Å². The zero-order chi connectivity index (χ0) is 18.9. The third-order valence-corrected chi connectivity index (χ3v) is 5.34. The van der Waals surface area contributed by atoms with E-state index in [-0.39, 0.29) is 42.6 Å². The van der Waals surface area contributed by atoms with Crippen LogP contribution in [0.1, 0.15) is 51.4 Å². The maximum atomic E-state index is 12.2. The van der Waals surface area contributed by atoms with E-state index in [1.54, 1.807) is 0 Å². The van der Waals surface area contributed by atoms with E-state index in [2.05, 4.69) is 10.6 Å². The van der Waals surface area contributed by atoms with Crippen LogP contribution in [0.15, 0.2) is 0 Å². The quantitative estimate of drug-likeness (QED) is 0.585. The zero-order valence-electron chi connectivity index (χ0n) is 16.2. The Bertz CT molecular complexity index is 452.